The van der Waals surface area contributed by atoms with Crippen molar-refractivity contribution in [3.63, 3.8) is 0 Å². The first-order valence-corrected chi connectivity index (χ1v) is 3.85. The van der Waals surface area contributed by atoms with Crippen LogP contribution in [-0.2, 0) is 6.61 Å². The van der Waals surface area contributed by atoms with Gasteiger partial charge in [0.25, 0.3) is 0 Å². The largest absolute Gasteiger partial charge is 0.392 e. The van der Waals surface area contributed by atoms with Gasteiger partial charge in [0.05, 0.1) is 6.61 Å². The van der Waals surface area contributed by atoms with E-state index in [4.69, 9.17) is 5.11 Å². The highest BCUT2D eigenvalue weighted by molar-refractivity contribution is 5.82. The Morgan fingerprint density at radius 1 is 1.58 bits per heavy atom. The van der Waals surface area contributed by atoms with Gasteiger partial charge in [-0.1, -0.05) is 0 Å². The summed E-state index contributed by atoms with van der Waals surface area (Å²) in [6, 6.07) is 1.84. The van der Waals surface area contributed by atoms with Crippen molar-refractivity contribution in [2.24, 2.45) is 0 Å². The maximum absolute atomic E-state index is 9.04. The summed E-state index contributed by atoms with van der Waals surface area (Å²) in [4.78, 5) is 7.18. The second-order valence-electron chi connectivity index (χ2n) is 2.82. The van der Waals surface area contributed by atoms with E-state index in [9.17, 15) is 0 Å². The van der Waals surface area contributed by atoms with Crippen molar-refractivity contribution in [2.75, 3.05) is 0 Å². The zero-order valence-electron chi connectivity index (χ0n) is 6.83. The summed E-state index contributed by atoms with van der Waals surface area (Å²) in [7, 11) is 0. The standard InChI is InChI=1S/C9H10N2O/c1-6-4-11-9-8(6)7(5-12)2-3-10-9/h2-4,12H,5H2,1H3,(H,10,11). The van der Waals surface area contributed by atoms with E-state index in [0.717, 1.165) is 22.2 Å². The number of aryl methyl sites for hydroxylation is 1. The molecule has 2 heterocycles. The Hall–Kier alpha value is -1.35. The molecule has 0 bridgehead atoms. The average molecular weight is 162 g/mol. The van der Waals surface area contributed by atoms with Gasteiger partial charge in [0.1, 0.15) is 5.65 Å². The molecular formula is C9H10N2O. The molecule has 2 rings (SSSR count). The summed E-state index contributed by atoms with van der Waals surface area (Å²) in [5.74, 6) is 0. The molecule has 0 aliphatic heterocycles. The number of nitrogens with one attached hydrogen (secondary N) is 1. The Bertz CT molecular complexity index is 406. The first-order valence-electron chi connectivity index (χ1n) is 3.85. The van der Waals surface area contributed by atoms with Crippen molar-refractivity contribution in [2.45, 2.75) is 13.5 Å². The van der Waals surface area contributed by atoms with Crippen LogP contribution in [0.3, 0.4) is 0 Å². The maximum atomic E-state index is 9.04. The Labute approximate surface area is 70.1 Å². The third-order valence-corrected chi connectivity index (χ3v) is 2.03. The van der Waals surface area contributed by atoms with Crippen molar-refractivity contribution >= 4 is 11.0 Å². The molecular weight excluding hydrogens is 152 g/mol. The second kappa shape index (κ2) is 2.60. The number of aromatic nitrogens is 2. The van der Waals surface area contributed by atoms with Gasteiger partial charge in [-0.15, -0.1) is 0 Å². The minimum atomic E-state index is 0.0672. The van der Waals surface area contributed by atoms with Gasteiger partial charge in [0, 0.05) is 17.8 Å². The van der Waals surface area contributed by atoms with Crippen LogP contribution in [0.25, 0.3) is 11.0 Å². The number of pyridine rings is 1. The average Bonchev–Trinajstić information content (AvgIpc) is 2.48. The number of aliphatic hydroxyl groups excluding tert-OH is 1. The number of aliphatic hydroxyl groups is 1. The van der Waals surface area contributed by atoms with E-state index in [2.05, 4.69) is 9.97 Å². The predicted molar refractivity (Wildman–Crippen MR) is 46.8 cm³/mol. The molecule has 62 valence electrons. The molecule has 0 fully saturated rings. The summed E-state index contributed by atoms with van der Waals surface area (Å²) in [5, 5.41) is 10.1. The smallest absolute Gasteiger partial charge is 0.137 e. The van der Waals surface area contributed by atoms with Gasteiger partial charge < -0.3 is 10.1 Å². The number of hydrogen-bond acceptors (Lipinski definition) is 2. The van der Waals surface area contributed by atoms with Crippen LogP contribution in [0.1, 0.15) is 11.1 Å². The monoisotopic (exact) mass is 162 g/mol. The Morgan fingerprint density at radius 2 is 2.42 bits per heavy atom. The van der Waals surface area contributed by atoms with Gasteiger partial charge in [-0.2, -0.15) is 0 Å². The quantitative estimate of drug-likeness (QED) is 0.665. The zero-order valence-corrected chi connectivity index (χ0v) is 6.83. The van der Waals surface area contributed by atoms with E-state index in [-0.39, 0.29) is 6.61 Å². The van der Waals surface area contributed by atoms with Gasteiger partial charge in [-0.05, 0) is 24.1 Å². The molecule has 2 aromatic rings. The van der Waals surface area contributed by atoms with Crippen LogP contribution < -0.4 is 0 Å². The summed E-state index contributed by atoms with van der Waals surface area (Å²) >= 11 is 0. The first kappa shape index (κ1) is 7.31. The van der Waals surface area contributed by atoms with E-state index in [1.165, 1.54) is 0 Å². The molecule has 0 unspecified atom stereocenters. The number of H-pyrrole nitrogens is 1. The zero-order chi connectivity index (χ0) is 8.55. The highest BCUT2D eigenvalue weighted by atomic mass is 16.3. The van der Waals surface area contributed by atoms with E-state index in [1.54, 1.807) is 6.20 Å². The molecule has 3 heteroatoms. The van der Waals surface area contributed by atoms with Crippen LogP contribution >= 0.6 is 0 Å². The molecule has 0 aromatic carbocycles. The summed E-state index contributed by atoms with van der Waals surface area (Å²) < 4.78 is 0. The van der Waals surface area contributed by atoms with Crippen LogP contribution in [0.4, 0.5) is 0 Å². The summed E-state index contributed by atoms with van der Waals surface area (Å²) in [6.45, 7) is 2.07. The van der Waals surface area contributed by atoms with Crippen LogP contribution in [0.15, 0.2) is 18.5 Å². The normalized spacial score (nSPS) is 10.8. The fourth-order valence-electron chi connectivity index (χ4n) is 1.43. The van der Waals surface area contributed by atoms with Crippen molar-refractivity contribution in [1.82, 2.24) is 9.97 Å². The van der Waals surface area contributed by atoms with E-state index < -0.39 is 0 Å². The molecule has 0 atom stereocenters. The molecule has 0 saturated carbocycles. The Morgan fingerprint density at radius 3 is 3.17 bits per heavy atom. The molecule has 0 radical (unpaired) electrons. The number of fused-ring (bicyclic) bond motifs is 1. The third kappa shape index (κ3) is 0.905. The Kier molecular flexibility index (Phi) is 1.59. The minimum Gasteiger partial charge on any atom is -0.392 e. The van der Waals surface area contributed by atoms with Gasteiger partial charge in [-0.25, -0.2) is 4.98 Å². The highest BCUT2D eigenvalue weighted by Gasteiger charge is 2.04. The molecule has 0 spiro atoms. The number of nitrogens with zero attached hydrogens (tertiary/aromatic N) is 1. The van der Waals surface area contributed by atoms with Gasteiger partial charge >= 0.3 is 0 Å². The van der Waals surface area contributed by atoms with E-state index >= 15 is 0 Å². The van der Waals surface area contributed by atoms with E-state index in [1.807, 2.05) is 19.2 Å². The lowest BCUT2D eigenvalue weighted by molar-refractivity contribution is 0.283. The lowest BCUT2D eigenvalue weighted by Gasteiger charge is -1.98. The van der Waals surface area contributed by atoms with E-state index in [0.29, 0.717) is 0 Å². The van der Waals surface area contributed by atoms with Crippen LogP contribution in [0.5, 0.6) is 0 Å². The van der Waals surface area contributed by atoms with Crippen LogP contribution in [0, 0.1) is 6.92 Å². The number of hydrogen-bond donors (Lipinski definition) is 2. The lowest BCUT2D eigenvalue weighted by Crippen LogP contribution is -1.86. The second-order valence-corrected chi connectivity index (χ2v) is 2.82. The van der Waals surface area contributed by atoms with Gasteiger partial charge in [0.15, 0.2) is 0 Å². The summed E-state index contributed by atoms with van der Waals surface area (Å²) in [6.07, 6.45) is 3.60. The van der Waals surface area contributed by atoms with Crippen molar-refractivity contribution < 1.29 is 5.11 Å². The molecule has 0 amide bonds. The number of rotatable bonds is 1. The molecule has 0 saturated heterocycles. The lowest BCUT2D eigenvalue weighted by atomic mass is 10.1. The molecule has 0 aliphatic carbocycles. The van der Waals surface area contributed by atoms with Crippen molar-refractivity contribution in [1.29, 1.82) is 0 Å². The minimum absolute atomic E-state index is 0.0672. The first-order chi connectivity index (χ1) is 5.83. The van der Waals surface area contributed by atoms with Crippen molar-refractivity contribution in [3.05, 3.63) is 29.6 Å². The SMILES string of the molecule is Cc1c[nH]c2nccc(CO)c12. The highest BCUT2D eigenvalue weighted by Crippen LogP contribution is 2.19. The topological polar surface area (TPSA) is 48.9 Å². The van der Waals surface area contributed by atoms with Crippen molar-refractivity contribution in [3.8, 4) is 0 Å². The fraction of sp³-hybridized carbons (Fsp3) is 0.222. The van der Waals surface area contributed by atoms with Gasteiger partial charge in [0.2, 0.25) is 0 Å². The predicted octanol–water partition coefficient (Wildman–Crippen LogP) is 1.36. The molecule has 2 aromatic heterocycles. The molecule has 3 nitrogen and oxygen atoms in total. The third-order valence-electron chi connectivity index (χ3n) is 2.03. The Balaban J connectivity index is 2.84. The number of aromatic amines is 1. The fourth-order valence-corrected chi connectivity index (χ4v) is 1.43. The molecule has 12 heavy (non-hydrogen) atoms. The van der Waals surface area contributed by atoms with Crippen LogP contribution in [-0.4, -0.2) is 15.1 Å². The van der Waals surface area contributed by atoms with Crippen LogP contribution in [0.2, 0.25) is 0 Å². The van der Waals surface area contributed by atoms with Gasteiger partial charge in [-0.3, -0.25) is 0 Å². The maximum Gasteiger partial charge on any atom is 0.137 e. The molecule has 0 aliphatic rings. The molecule has 2 N–H and O–H groups in total. The summed E-state index contributed by atoms with van der Waals surface area (Å²) in [5.41, 5.74) is 2.90.